The molecule has 3 rings (SSSR count). The topological polar surface area (TPSA) is 81.2 Å². The molecular formula is C18H17F2N5O2. The van der Waals surface area contributed by atoms with Gasteiger partial charge >= 0.3 is 0 Å². The fraction of sp³-hybridized carbons (Fsp3) is 0.167. The number of benzene rings is 2. The van der Waals surface area contributed by atoms with Crippen LogP contribution < -0.4 is 20.1 Å². The van der Waals surface area contributed by atoms with E-state index in [9.17, 15) is 8.78 Å². The van der Waals surface area contributed by atoms with Crippen LogP contribution in [0.2, 0.25) is 0 Å². The number of hydrogen-bond acceptors (Lipinski definition) is 7. The summed E-state index contributed by atoms with van der Waals surface area (Å²) in [6, 6.07) is 10.4. The monoisotopic (exact) mass is 373 g/mol. The maximum atomic E-state index is 13.7. The first-order valence-electron chi connectivity index (χ1n) is 8.06. The third-order valence-corrected chi connectivity index (χ3v) is 3.47. The summed E-state index contributed by atoms with van der Waals surface area (Å²) >= 11 is 0. The lowest BCUT2D eigenvalue weighted by molar-refractivity contribution is 0.331. The van der Waals surface area contributed by atoms with E-state index < -0.39 is 11.6 Å². The van der Waals surface area contributed by atoms with Crippen LogP contribution in [0.4, 0.5) is 26.2 Å². The van der Waals surface area contributed by atoms with Gasteiger partial charge in [-0.25, -0.2) is 8.78 Å². The molecule has 0 aliphatic rings. The standard InChI is InChI=1S/C18H17F2N5O2/c1-26-13-3-5-14(6-4-13)27-9-8-21-18-24-17(11-22-25-18)23-16-7-2-12(19)10-15(16)20/h2-7,10-11H,8-9H2,1H3,(H2,21,23,24,25). The van der Waals surface area contributed by atoms with Crippen molar-refractivity contribution < 1.29 is 18.3 Å². The third-order valence-electron chi connectivity index (χ3n) is 3.47. The van der Waals surface area contributed by atoms with Crippen molar-refractivity contribution in [3.8, 4) is 11.5 Å². The van der Waals surface area contributed by atoms with Gasteiger partial charge in [0.1, 0.15) is 29.7 Å². The zero-order chi connectivity index (χ0) is 19.1. The van der Waals surface area contributed by atoms with E-state index in [0.29, 0.717) is 18.9 Å². The third kappa shape index (κ3) is 5.24. The summed E-state index contributed by atoms with van der Waals surface area (Å²) < 4.78 is 37.3. The second-order valence-electron chi connectivity index (χ2n) is 5.37. The average Bonchev–Trinajstić information content (AvgIpc) is 2.68. The lowest BCUT2D eigenvalue weighted by atomic mass is 10.3. The van der Waals surface area contributed by atoms with Gasteiger partial charge in [0, 0.05) is 6.07 Å². The Bertz CT molecular complexity index is 893. The Morgan fingerprint density at radius 1 is 1.04 bits per heavy atom. The van der Waals surface area contributed by atoms with Crippen molar-refractivity contribution in [1.29, 1.82) is 0 Å². The van der Waals surface area contributed by atoms with Gasteiger partial charge < -0.3 is 20.1 Å². The zero-order valence-corrected chi connectivity index (χ0v) is 14.4. The summed E-state index contributed by atoms with van der Waals surface area (Å²) in [4.78, 5) is 4.17. The minimum Gasteiger partial charge on any atom is -0.497 e. The van der Waals surface area contributed by atoms with Crippen LogP contribution in [0.15, 0.2) is 48.7 Å². The molecule has 0 atom stereocenters. The smallest absolute Gasteiger partial charge is 0.244 e. The predicted molar refractivity (Wildman–Crippen MR) is 96.4 cm³/mol. The van der Waals surface area contributed by atoms with Gasteiger partial charge in [0.05, 0.1) is 25.5 Å². The molecule has 0 bridgehead atoms. The van der Waals surface area contributed by atoms with E-state index in [0.717, 1.165) is 17.9 Å². The maximum Gasteiger partial charge on any atom is 0.244 e. The number of anilines is 3. The Balaban J connectivity index is 1.51. The van der Waals surface area contributed by atoms with Crippen LogP contribution in [0.25, 0.3) is 0 Å². The lowest BCUT2D eigenvalue weighted by Gasteiger charge is -2.09. The van der Waals surface area contributed by atoms with Crippen LogP contribution in [0.3, 0.4) is 0 Å². The first kappa shape index (κ1) is 18.3. The van der Waals surface area contributed by atoms with E-state index in [1.807, 2.05) is 0 Å². The molecule has 3 aromatic rings. The van der Waals surface area contributed by atoms with E-state index in [-0.39, 0.29) is 17.5 Å². The predicted octanol–water partition coefficient (Wildman–Crippen LogP) is 3.39. The molecule has 0 saturated heterocycles. The summed E-state index contributed by atoms with van der Waals surface area (Å²) in [5.74, 6) is 0.602. The Morgan fingerprint density at radius 2 is 1.81 bits per heavy atom. The first-order chi connectivity index (χ1) is 13.1. The Labute approximate surface area is 154 Å². The van der Waals surface area contributed by atoms with Crippen molar-refractivity contribution >= 4 is 17.5 Å². The second-order valence-corrected chi connectivity index (χ2v) is 5.37. The van der Waals surface area contributed by atoms with Crippen LogP contribution in [0, 0.1) is 11.6 Å². The SMILES string of the molecule is COc1ccc(OCCNc2nncc(Nc3ccc(F)cc3F)n2)cc1. The molecule has 2 N–H and O–H groups in total. The quantitative estimate of drug-likeness (QED) is 0.586. The number of aromatic nitrogens is 3. The molecule has 0 radical (unpaired) electrons. The molecule has 27 heavy (non-hydrogen) atoms. The van der Waals surface area contributed by atoms with Gasteiger partial charge in [-0.2, -0.15) is 10.1 Å². The molecular weight excluding hydrogens is 356 g/mol. The van der Waals surface area contributed by atoms with Gasteiger partial charge in [-0.1, -0.05) is 0 Å². The number of halogens is 2. The van der Waals surface area contributed by atoms with Crippen molar-refractivity contribution in [1.82, 2.24) is 15.2 Å². The van der Waals surface area contributed by atoms with Crippen molar-refractivity contribution in [3.05, 3.63) is 60.3 Å². The minimum absolute atomic E-state index is 0.0886. The summed E-state index contributed by atoms with van der Waals surface area (Å²) in [7, 11) is 1.60. The Hall–Kier alpha value is -3.49. The number of nitrogens with zero attached hydrogens (tertiary/aromatic N) is 3. The summed E-state index contributed by atoms with van der Waals surface area (Å²) in [6.45, 7) is 0.808. The Morgan fingerprint density at radius 3 is 2.56 bits per heavy atom. The van der Waals surface area contributed by atoms with Gasteiger partial charge in [0.15, 0.2) is 5.82 Å². The highest BCUT2D eigenvalue weighted by Gasteiger charge is 2.06. The van der Waals surface area contributed by atoms with Crippen molar-refractivity contribution in [2.24, 2.45) is 0 Å². The van der Waals surface area contributed by atoms with Crippen LogP contribution in [-0.4, -0.2) is 35.4 Å². The van der Waals surface area contributed by atoms with Crippen LogP contribution in [0.5, 0.6) is 11.5 Å². The fourth-order valence-corrected chi connectivity index (χ4v) is 2.17. The molecule has 1 heterocycles. The number of nitrogens with one attached hydrogen (secondary N) is 2. The highest BCUT2D eigenvalue weighted by Crippen LogP contribution is 2.19. The van der Waals surface area contributed by atoms with E-state index in [4.69, 9.17) is 9.47 Å². The second kappa shape index (κ2) is 8.75. The Kier molecular flexibility index (Phi) is 5.93. The number of rotatable bonds is 8. The van der Waals surface area contributed by atoms with E-state index >= 15 is 0 Å². The summed E-state index contributed by atoms with van der Waals surface area (Å²) in [5.41, 5.74) is 0.0886. The molecule has 0 unspecified atom stereocenters. The molecule has 9 heteroatoms. The fourth-order valence-electron chi connectivity index (χ4n) is 2.17. The van der Waals surface area contributed by atoms with Gasteiger partial charge in [0.2, 0.25) is 5.95 Å². The largest absolute Gasteiger partial charge is 0.497 e. The van der Waals surface area contributed by atoms with E-state index in [2.05, 4.69) is 25.8 Å². The van der Waals surface area contributed by atoms with Gasteiger partial charge in [-0.05, 0) is 36.4 Å². The molecule has 2 aromatic carbocycles. The van der Waals surface area contributed by atoms with Crippen LogP contribution >= 0.6 is 0 Å². The lowest BCUT2D eigenvalue weighted by Crippen LogP contribution is -2.14. The van der Waals surface area contributed by atoms with Crippen molar-refractivity contribution in [2.75, 3.05) is 30.9 Å². The molecule has 0 saturated carbocycles. The van der Waals surface area contributed by atoms with Gasteiger partial charge in [-0.15, -0.1) is 5.10 Å². The summed E-state index contributed by atoms with van der Waals surface area (Å²) in [5, 5.41) is 13.3. The van der Waals surface area contributed by atoms with E-state index in [1.54, 1.807) is 31.4 Å². The van der Waals surface area contributed by atoms with Crippen molar-refractivity contribution in [2.45, 2.75) is 0 Å². The average molecular weight is 373 g/mol. The molecule has 7 nitrogen and oxygen atoms in total. The zero-order valence-electron chi connectivity index (χ0n) is 14.4. The van der Waals surface area contributed by atoms with Gasteiger partial charge in [0.25, 0.3) is 0 Å². The summed E-state index contributed by atoms with van der Waals surface area (Å²) in [6.07, 6.45) is 1.34. The van der Waals surface area contributed by atoms with Gasteiger partial charge in [-0.3, -0.25) is 0 Å². The number of ether oxygens (including phenoxy) is 2. The molecule has 0 spiro atoms. The van der Waals surface area contributed by atoms with Crippen LogP contribution in [0.1, 0.15) is 0 Å². The van der Waals surface area contributed by atoms with Crippen molar-refractivity contribution in [3.63, 3.8) is 0 Å². The molecule has 140 valence electrons. The first-order valence-corrected chi connectivity index (χ1v) is 8.06. The van der Waals surface area contributed by atoms with Crippen LogP contribution in [-0.2, 0) is 0 Å². The highest BCUT2D eigenvalue weighted by atomic mass is 19.1. The molecule has 0 aliphatic heterocycles. The molecule has 1 aromatic heterocycles. The highest BCUT2D eigenvalue weighted by molar-refractivity contribution is 5.56. The number of hydrogen-bond donors (Lipinski definition) is 2. The normalized spacial score (nSPS) is 10.3. The van der Waals surface area contributed by atoms with E-state index in [1.165, 1.54) is 12.3 Å². The molecule has 0 amide bonds. The number of methoxy groups -OCH3 is 1. The molecule has 0 aliphatic carbocycles. The maximum absolute atomic E-state index is 13.7. The molecule has 0 fully saturated rings. The minimum atomic E-state index is -0.726.